The van der Waals surface area contributed by atoms with Gasteiger partial charge in [-0.3, -0.25) is 0 Å². The van der Waals surface area contributed by atoms with Gasteiger partial charge in [0.05, 0.1) is 11.4 Å². The van der Waals surface area contributed by atoms with E-state index >= 15 is 0 Å². The van der Waals surface area contributed by atoms with Gasteiger partial charge in [-0.05, 0) is 37.1 Å². The lowest BCUT2D eigenvalue weighted by Crippen LogP contribution is -2.33. The van der Waals surface area contributed by atoms with Crippen LogP contribution >= 0.6 is 0 Å². The Hall–Kier alpha value is -1.76. The van der Waals surface area contributed by atoms with Crippen molar-refractivity contribution < 1.29 is 13.2 Å². The highest BCUT2D eigenvalue weighted by molar-refractivity contribution is 7.90. The molecule has 1 fully saturated rings. The molecule has 1 aliphatic rings. The Morgan fingerprint density at radius 3 is 2.60 bits per heavy atom. The molecule has 0 radical (unpaired) electrons. The topological polar surface area (TPSA) is 93.8 Å². The van der Waals surface area contributed by atoms with Gasteiger partial charge in [-0.1, -0.05) is 0 Å². The van der Waals surface area contributed by atoms with Crippen LogP contribution in [0.4, 0.5) is 0 Å². The average molecular weight is 297 g/mol. The van der Waals surface area contributed by atoms with Crippen LogP contribution in [0.1, 0.15) is 12.8 Å². The van der Waals surface area contributed by atoms with E-state index in [4.69, 9.17) is 10.5 Å². The molecular formula is C13H19N3O3S. The van der Waals surface area contributed by atoms with Crippen molar-refractivity contribution in [2.75, 3.05) is 19.4 Å². The number of hydrogen-bond acceptors (Lipinski definition) is 4. The molecule has 0 atom stereocenters. The summed E-state index contributed by atoms with van der Waals surface area (Å²) in [5, 5.41) is 3.08. The normalized spacial score (nSPS) is 15.9. The molecule has 0 amide bonds. The number of benzene rings is 1. The zero-order chi connectivity index (χ0) is 14.6. The molecule has 3 N–H and O–H groups in total. The standard InChI is InChI=1S/C13H19N3O3S/c1-20(17,18)12-6-4-11(5-7-12)19-9-8-15-13(14)16-10-2-3-10/h4-7,10H,2-3,8-9H2,1H3,(H3,14,15,16). The van der Waals surface area contributed by atoms with E-state index in [-0.39, 0.29) is 4.90 Å². The van der Waals surface area contributed by atoms with E-state index in [9.17, 15) is 8.42 Å². The fraction of sp³-hybridized carbons (Fsp3) is 0.462. The predicted octanol–water partition coefficient (Wildman–Crippen LogP) is 0.536. The molecule has 0 saturated heterocycles. The Labute approximate surface area is 119 Å². The van der Waals surface area contributed by atoms with Gasteiger partial charge in [-0.25, -0.2) is 13.4 Å². The molecule has 1 aliphatic carbocycles. The maximum absolute atomic E-state index is 11.3. The lowest BCUT2D eigenvalue weighted by molar-refractivity contribution is 0.328. The number of aliphatic imine (C=N–C) groups is 1. The van der Waals surface area contributed by atoms with Crippen LogP contribution in [0.2, 0.25) is 0 Å². The summed E-state index contributed by atoms with van der Waals surface area (Å²) >= 11 is 0. The van der Waals surface area contributed by atoms with Gasteiger partial charge in [-0.15, -0.1) is 0 Å². The number of guanidine groups is 1. The second kappa shape index (κ2) is 6.13. The third-order valence-corrected chi connectivity index (χ3v) is 3.95. The first kappa shape index (κ1) is 14.6. The van der Waals surface area contributed by atoms with E-state index in [0.29, 0.717) is 30.9 Å². The van der Waals surface area contributed by atoms with Crippen molar-refractivity contribution in [3.05, 3.63) is 24.3 Å². The second-order valence-electron chi connectivity index (χ2n) is 4.78. The highest BCUT2D eigenvalue weighted by Crippen LogP contribution is 2.18. The lowest BCUT2D eigenvalue weighted by Gasteiger charge is -2.06. The summed E-state index contributed by atoms with van der Waals surface area (Å²) in [5.74, 6) is 1.06. The van der Waals surface area contributed by atoms with E-state index in [1.807, 2.05) is 0 Å². The first-order valence-corrected chi connectivity index (χ1v) is 8.33. The number of hydrogen-bond donors (Lipinski definition) is 2. The summed E-state index contributed by atoms with van der Waals surface area (Å²) in [6, 6.07) is 6.80. The lowest BCUT2D eigenvalue weighted by atomic mass is 10.3. The summed E-state index contributed by atoms with van der Waals surface area (Å²) in [6.45, 7) is 0.852. The molecule has 0 heterocycles. The van der Waals surface area contributed by atoms with Gasteiger partial charge in [0.25, 0.3) is 0 Å². The number of ether oxygens (including phenoxy) is 1. The van der Waals surface area contributed by atoms with Gasteiger partial charge in [0.2, 0.25) is 0 Å². The van der Waals surface area contributed by atoms with Crippen LogP contribution in [0.25, 0.3) is 0 Å². The maximum atomic E-state index is 11.3. The van der Waals surface area contributed by atoms with E-state index in [1.165, 1.54) is 18.4 Å². The van der Waals surface area contributed by atoms with Gasteiger partial charge in [0, 0.05) is 12.3 Å². The first-order valence-electron chi connectivity index (χ1n) is 6.44. The molecule has 0 unspecified atom stereocenters. The summed E-state index contributed by atoms with van der Waals surface area (Å²) in [4.78, 5) is 4.42. The molecule has 110 valence electrons. The van der Waals surface area contributed by atoms with E-state index in [0.717, 1.165) is 12.8 Å². The van der Waals surface area contributed by atoms with Crippen LogP contribution in [0.15, 0.2) is 34.2 Å². The van der Waals surface area contributed by atoms with Crippen molar-refractivity contribution in [3.8, 4) is 5.75 Å². The molecule has 0 aliphatic heterocycles. The molecule has 0 aromatic heterocycles. The molecule has 1 aromatic rings. The van der Waals surface area contributed by atoms with E-state index in [1.54, 1.807) is 12.1 Å². The van der Waals surface area contributed by atoms with Gasteiger partial charge in [0.1, 0.15) is 12.4 Å². The molecular weight excluding hydrogens is 278 g/mol. The average Bonchev–Trinajstić information content (AvgIpc) is 3.18. The van der Waals surface area contributed by atoms with E-state index in [2.05, 4.69) is 10.3 Å². The Bertz CT molecular complexity index is 577. The molecule has 2 rings (SSSR count). The van der Waals surface area contributed by atoms with Gasteiger partial charge < -0.3 is 15.8 Å². The molecule has 0 spiro atoms. The minimum Gasteiger partial charge on any atom is -0.492 e. The minimum absolute atomic E-state index is 0.278. The van der Waals surface area contributed by atoms with Gasteiger partial charge in [0.15, 0.2) is 15.8 Å². The molecule has 1 saturated carbocycles. The number of nitrogens with two attached hydrogens (primary N) is 1. The smallest absolute Gasteiger partial charge is 0.188 e. The van der Waals surface area contributed by atoms with Crippen molar-refractivity contribution in [2.24, 2.45) is 10.7 Å². The van der Waals surface area contributed by atoms with Crippen LogP contribution < -0.4 is 15.8 Å². The maximum Gasteiger partial charge on any atom is 0.188 e. The zero-order valence-electron chi connectivity index (χ0n) is 11.4. The quantitative estimate of drug-likeness (QED) is 0.454. The second-order valence-corrected chi connectivity index (χ2v) is 6.79. The SMILES string of the molecule is CS(=O)(=O)c1ccc(OCCN=C(N)NC2CC2)cc1. The predicted molar refractivity (Wildman–Crippen MR) is 77.7 cm³/mol. The highest BCUT2D eigenvalue weighted by Gasteiger charge is 2.21. The summed E-state index contributed by atoms with van der Waals surface area (Å²) in [6.07, 6.45) is 3.48. The van der Waals surface area contributed by atoms with Crippen molar-refractivity contribution in [3.63, 3.8) is 0 Å². The third kappa shape index (κ3) is 4.73. The minimum atomic E-state index is -3.16. The van der Waals surface area contributed by atoms with Gasteiger partial charge >= 0.3 is 0 Å². The third-order valence-electron chi connectivity index (χ3n) is 2.82. The molecule has 7 heteroatoms. The molecule has 0 bridgehead atoms. The number of nitrogens with one attached hydrogen (secondary N) is 1. The Kier molecular flexibility index (Phi) is 4.49. The Morgan fingerprint density at radius 2 is 2.05 bits per heavy atom. The number of sulfone groups is 1. The largest absolute Gasteiger partial charge is 0.492 e. The van der Waals surface area contributed by atoms with Crippen molar-refractivity contribution in [1.82, 2.24) is 5.32 Å². The van der Waals surface area contributed by atoms with Crippen LogP contribution in [0.5, 0.6) is 5.75 Å². The van der Waals surface area contributed by atoms with Gasteiger partial charge in [-0.2, -0.15) is 0 Å². The summed E-state index contributed by atoms with van der Waals surface area (Å²) < 4.78 is 28.0. The zero-order valence-corrected chi connectivity index (χ0v) is 12.2. The summed E-state index contributed by atoms with van der Waals surface area (Å²) in [5.41, 5.74) is 5.68. The number of nitrogens with zero attached hydrogens (tertiary/aromatic N) is 1. The van der Waals surface area contributed by atoms with Crippen LogP contribution in [-0.4, -0.2) is 39.8 Å². The highest BCUT2D eigenvalue weighted by atomic mass is 32.2. The van der Waals surface area contributed by atoms with Crippen LogP contribution in [0, 0.1) is 0 Å². The fourth-order valence-electron chi connectivity index (χ4n) is 1.60. The summed E-state index contributed by atoms with van der Waals surface area (Å²) in [7, 11) is -3.16. The monoisotopic (exact) mass is 297 g/mol. The van der Waals surface area contributed by atoms with Crippen molar-refractivity contribution in [2.45, 2.75) is 23.8 Å². The van der Waals surface area contributed by atoms with Crippen LogP contribution in [-0.2, 0) is 9.84 Å². The first-order chi connectivity index (χ1) is 9.45. The van der Waals surface area contributed by atoms with Crippen molar-refractivity contribution in [1.29, 1.82) is 0 Å². The molecule has 20 heavy (non-hydrogen) atoms. The molecule has 6 nitrogen and oxygen atoms in total. The Balaban J connectivity index is 1.76. The van der Waals surface area contributed by atoms with E-state index < -0.39 is 9.84 Å². The van der Waals surface area contributed by atoms with Crippen LogP contribution in [0.3, 0.4) is 0 Å². The van der Waals surface area contributed by atoms with Crippen molar-refractivity contribution >= 4 is 15.8 Å². The Morgan fingerprint density at radius 1 is 1.40 bits per heavy atom. The fourth-order valence-corrected chi connectivity index (χ4v) is 2.23. The number of rotatable bonds is 6. The molecule has 1 aromatic carbocycles.